The Labute approximate surface area is 186 Å². The van der Waals surface area contributed by atoms with Gasteiger partial charge in [0.25, 0.3) is 0 Å². The maximum Gasteiger partial charge on any atom is 0.212 e. The van der Waals surface area contributed by atoms with E-state index in [1.54, 1.807) is 20.4 Å². The lowest BCUT2D eigenvalue weighted by Gasteiger charge is -2.31. The van der Waals surface area contributed by atoms with E-state index in [9.17, 15) is 4.79 Å². The summed E-state index contributed by atoms with van der Waals surface area (Å²) in [7, 11) is 1.61. The van der Waals surface area contributed by atoms with Gasteiger partial charge >= 0.3 is 0 Å². The largest absolute Gasteiger partial charge is 0.481 e. The smallest absolute Gasteiger partial charge is 0.212 e. The van der Waals surface area contributed by atoms with Gasteiger partial charge in [0, 0.05) is 41.9 Å². The number of carbonyl (C=O) groups is 1. The van der Waals surface area contributed by atoms with E-state index in [2.05, 4.69) is 45.0 Å². The molecule has 2 aromatic heterocycles. The van der Waals surface area contributed by atoms with Gasteiger partial charge in [-0.25, -0.2) is 15.0 Å². The topological polar surface area (TPSA) is 68.2 Å². The van der Waals surface area contributed by atoms with E-state index < -0.39 is 0 Å². The minimum absolute atomic E-state index is 0.0887. The van der Waals surface area contributed by atoms with E-state index >= 15 is 0 Å². The number of hydrogen-bond acceptors (Lipinski definition) is 6. The van der Waals surface area contributed by atoms with Crippen LogP contribution >= 0.6 is 0 Å². The van der Waals surface area contributed by atoms with Crippen LogP contribution in [0, 0.1) is 6.92 Å². The average Bonchev–Trinajstić information content (AvgIpc) is 2.83. The number of carbonyl (C=O) groups excluding carboxylic acids is 1. The van der Waals surface area contributed by atoms with Gasteiger partial charge in [0.15, 0.2) is 5.78 Å². The van der Waals surface area contributed by atoms with E-state index in [1.165, 1.54) is 11.1 Å². The van der Waals surface area contributed by atoms with Gasteiger partial charge in [0.2, 0.25) is 5.88 Å². The van der Waals surface area contributed by atoms with Gasteiger partial charge in [-0.1, -0.05) is 12.1 Å². The number of rotatable bonds is 4. The second-order valence-corrected chi connectivity index (χ2v) is 8.19. The molecular formula is C26H24N4O2. The zero-order chi connectivity index (χ0) is 22.2. The molecule has 5 rings (SSSR count). The molecule has 0 radical (unpaired) electrons. The summed E-state index contributed by atoms with van der Waals surface area (Å²) in [6.07, 6.45) is 4.38. The summed E-state index contributed by atoms with van der Waals surface area (Å²) in [6.45, 7) is 5.27. The number of fused-ring (bicyclic) bond motifs is 2. The van der Waals surface area contributed by atoms with Gasteiger partial charge in [-0.3, -0.25) is 4.79 Å². The number of Topliss-reactive ketones (excluding diaryl/α,β-unsaturated/α-hetero) is 1. The SMILES string of the molecule is COc1ccc(-c2cc(C)c3ncnc(N4CCc5ccc(C(C)=O)cc5C4)c3c2)cn1. The van der Waals surface area contributed by atoms with E-state index in [-0.39, 0.29) is 5.78 Å². The second kappa shape index (κ2) is 8.04. The molecule has 0 fully saturated rings. The molecule has 1 aliphatic heterocycles. The summed E-state index contributed by atoms with van der Waals surface area (Å²) < 4.78 is 5.19. The highest BCUT2D eigenvalue weighted by molar-refractivity contribution is 5.96. The van der Waals surface area contributed by atoms with Crippen LogP contribution in [0.15, 0.2) is 55.0 Å². The van der Waals surface area contributed by atoms with Gasteiger partial charge in [0.05, 0.1) is 12.6 Å². The molecule has 6 heteroatoms. The van der Waals surface area contributed by atoms with Crippen LogP contribution < -0.4 is 9.64 Å². The summed E-state index contributed by atoms with van der Waals surface area (Å²) in [6, 6.07) is 14.2. The minimum Gasteiger partial charge on any atom is -0.481 e. The van der Waals surface area contributed by atoms with Crippen LogP contribution in [0.25, 0.3) is 22.0 Å². The molecule has 0 saturated carbocycles. The van der Waals surface area contributed by atoms with E-state index in [4.69, 9.17) is 4.74 Å². The molecule has 0 spiro atoms. The van der Waals surface area contributed by atoms with Crippen LogP contribution in [0.3, 0.4) is 0 Å². The Morgan fingerprint density at radius 3 is 2.62 bits per heavy atom. The number of pyridine rings is 1. The Balaban J connectivity index is 1.57. The molecule has 1 aliphatic rings. The molecule has 2 aromatic carbocycles. The molecule has 6 nitrogen and oxygen atoms in total. The fraction of sp³-hybridized carbons (Fsp3) is 0.231. The first-order valence-corrected chi connectivity index (χ1v) is 10.7. The highest BCUT2D eigenvalue weighted by Crippen LogP contribution is 2.33. The number of hydrogen-bond donors (Lipinski definition) is 0. The van der Waals surface area contributed by atoms with Crippen molar-refractivity contribution in [1.29, 1.82) is 0 Å². The van der Waals surface area contributed by atoms with Gasteiger partial charge in [0.1, 0.15) is 12.1 Å². The highest BCUT2D eigenvalue weighted by Gasteiger charge is 2.21. The Morgan fingerprint density at radius 2 is 1.88 bits per heavy atom. The molecule has 0 unspecified atom stereocenters. The van der Waals surface area contributed by atoms with Crippen molar-refractivity contribution in [2.75, 3.05) is 18.6 Å². The Hall–Kier alpha value is -3.80. The van der Waals surface area contributed by atoms with Gasteiger partial charge in [-0.15, -0.1) is 0 Å². The first-order valence-electron chi connectivity index (χ1n) is 10.7. The van der Waals surface area contributed by atoms with E-state index in [0.717, 1.165) is 58.5 Å². The average molecular weight is 425 g/mol. The van der Waals surface area contributed by atoms with Crippen LogP contribution in [0.2, 0.25) is 0 Å². The normalized spacial score (nSPS) is 13.2. The number of benzene rings is 2. The van der Waals surface area contributed by atoms with Crippen molar-refractivity contribution in [2.45, 2.75) is 26.8 Å². The van der Waals surface area contributed by atoms with Crippen molar-refractivity contribution in [3.8, 4) is 17.0 Å². The molecule has 0 aliphatic carbocycles. The van der Waals surface area contributed by atoms with Crippen molar-refractivity contribution in [2.24, 2.45) is 0 Å². The first-order chi connectivity index (χ1) is 15.5. The molecule has 0 atom stereocenters. The highest BCUT2D eigenvalue weighted by atomic mass is 16.5. The van der Waals surface area contributed by atoms with Crippen LogP contribution in [0.1, 0.15) is 34.0 Å². The summed E-state index contributed by atoms with van der Waals surface area (Å²) in [4.78, 5) is 27.7. The molecule has 160 valence electrons. The molecule has 0 N–H and O–H groups in total. The summed E-state index contributed by atoms with van der Waals surface area (Å²) >= 11 is 0. The summed E-state index contributed by atoms with van der Waals surface area (Å²) in [5, 5.41) is 1.02. The number of anilines is 1. The van der Waals surface area contributed by atoms with Crippen LogP contribution in [0.5, 0.6) is 5.88 Å². The zero-order valence-corrected chi connectivity index (χ0v) is 18.4. The number of methoxy groups -OCH3 is 1. The first kappa shape index (κ1) is 20.1. The Bertz CT molecular complexity index is 1330. The van der Waals surface area contributed by atoms with Crippen molar-refractivity contribution >= 4 is 22.5 Å². The third-order valence-corrected chi connectivity index (χ3v) is 6.11. The molecule has 0 bridgehead atoms. The van der Waals surface area contributed by atoms with E-state index in [1.807, 2.05) is 30.5 Å². The maximum absolute atomic E-state index is 11.9. The van der Waals surface area contributed by atoms with Crippen LogP contribution in [-0.4, -0.2) is 34.4 Å². The standard InChI is InChI=1S/C26H24N4O2/c1-16-10-21(20-6-7-24(32-3)27-13-20)12-23-25(16)28-15-29-26(23)30-9-8-18-4-5-19(17(2)31)11-22(18)14-30/h4-7,10-13,15H,8-9,14H2,1-3H3. The van der Waals surface area contributed by atoms with Gasteiger partial charge in [-0.05, 0) is 66.8 Å². The monoisotopic (exact) mass is 424 g/mol. The number of ketones is 1. The fourth-order valence-electron chi connectivity index (χ4n) is 4.38. The maximum atomic E-state index is 11.9. The van der Waals surface area contributed by atoms with Crippen molar-refractivity contribution in [3.05, 3.63) is 77.2 Å². The van der Waals surface area contributed by atoms with Crippen molar-refractivity contribution in [1.82, 2.24) is 15.0 Å². The van der Waals surface area contributed by atoms with Gasteiger partial charge in [-0.2, -0.15) is 0 Å². The zero-order valence-electron chi connectivity index (χ0n) is 18.4. The fourth-order valence-corrected chi connectivity index (χ4v) is 4.38. The lowest BCUT2D eigenvalue weighted by Crippen LogP contribution is -2.31. The molecular weight excluding hydrogens is 400 g/mol. The second-order valence-electron chi connectivity index (χ2n) is 8.19. The van der Waals surface area contributed by atoms with E-state index in [0.29, 0.717) is 5.88 Å². The quantitative estimate of drug-likeness (QED) is 0.440. The lowest BCUT2D eigenvalue weighted by molar-refractivity contribution is 0.101. The van der Waals surface area contributed by atoms with Crippen LogP contribution in [-0.2, 0) is 13.0 Å². The Kier molecular flexibility index (Phi) is 5.05. The lowest BCUT2D eigenvalue weighted by atomic mass is 9.95. The molecule has 0 amide bonds. The summed E-state index contributed by atoms with van der Waals surface area (Å²) in [5.74, 6) is 1.60. The third-order valence-electron chi connectivity index (χ3n) is 6.11. The third kappa shape index (κ3) is 3.58. The van der Waals surface area contributed by atoms with Crippen LogP contribution in [0.4, 0.5) is 5.82 Å². The predicted molar refractivity (Wildman–Crippen MR) is 125 cm³/mol. The van der Waals surface area contributed by atoms with Crippen molar-refractivity contribution < 1.29 is 9.53 Å². The number of aryl methyl sites for hydroxylation is 1. The van der Waals surface area contributed by atoms with Gasteiger partial charge < -0.3 is 9.64 Å². The molecule has 4 aromatic rings. The number of ether oxygens (including phenoxy) is 1. The predicted octanol–water partition coefficient (Wildman–Crippen LogP) is 4.77. The summed E-state index contributed by atoms with van der Waals surface area (Å²) in [5.41, 5.74) is 7.35. The van der Waals surface area contributed by atoms with Crippen molar-refractivity contribution in [3.63, 3.8) is 0 Å². The molecule has 32 heavy (non-hydrogen) atoms. The molecule has 0 saturated heterocycles. The number of aromatic nitrogens is 3. The molecule has 3 heterocycles. The minimum atomic E-state index is 0.0887. The Morgan fingerprint density at radius 1 is 1.00 bits per heavy atom. The number of nitrogens with zero attached hydrogens (tertiary/aromatic N) is 4.